The molecule has 0 bridgehead atoms. The van der Waals surface area contributed by atoms with E-state index in [1.54, 1.807) is 0 Å². The van der Waals surface area contributed by atoms with Gasteiger partial charge in [-0.1, -0.05) is 45.4 Å². The number of nitrogens with two attached hydrogens (primary N) is 1. The Bertz CT molecular complexity index is 1020. The normalized spacial score (nSPS) is 12.9. The Kier molecular flexibility index (Phi) is 11.5. The first-order valence-electron chi connectivity index (χ1n) is 11.9. The smallest absolute Gasteiger partial charge is 0.264 e. The average molecular weight is 512 g/mol. The zero-order chi connectivity index (χ0) is 27.0. The monoisotopic (exact) mass is 511 g/mol. The summed E-state index contributed by atoms with van der Waals surface area (Å²) in [6.07, 6.45) is 1.08. The molecule has 198 valence electrons. The second-order valence-corrected chi connectivity index (χ2v) is 11.8. The summed E-state index contributed by atoms with van der Waals surface area (Å²) in [5.41, 5.74) is 9.61. The van der Waals surface area contributed by atoms with E-state index < -0.39 is 33.2 Å². The highest BCUT2D eigenvalue weighted by Gasteiger charge is 2.29. The molecule has 0 aromatic heterocycles. The van der Waals surface area contributed by atoms with Gasteiger partial charge in [0.2, 0.25) is 11.8 Å². The third-order valence-corrected chi connectivity index (χ3v) is 6.72. The molecule has 0 aliphatic rings. The quantitative estimate of drug-likeness (QED) is 0.220. The number of hydrogen-bond donors (Lipinski definition) is 4. The van der Waals surface area contributed by atoms with Gasteiger partial charge < -0.3 is 16.4 Å². The van der Waals surface area contributed by atoms with Crippen LogP contribution in [-0.2, 0) is 36.3 Å². The van der Waals surface area contributed by atoms with Crippen LogP contribution in [0.15, 0.2) is 12.1 Å². The van der Waals surface area contributed by atoms with Crippen LogP contribution in [0.1, 0.15) is 69.2 Å². The number of Topliss-reactive ketones (excluding diaryl/α,β-unsaturated/α-hetero) is 1. The number of carbonyl (C=O) groups excluding carboxylic acids is 3. The molecule has 1 unspecified atom stereocenters. The summed E-state index contributed by atoms with van der Waals surface area (Å²) in [6.45, 7) is 11.6. The lowest BCUT2D eigenvalue weighted by Crippen LogP contribution is -2.39. The van der Waals surface area contributed by atoms with E-state index in [2.05, 4.69) is 22.8 Å². The fourth-order valence-electron chi connectivity index (χ4n) is 4.29. The molecular formula is C25H41N3O6S. The molecule has 9 nitrogen and oxygen atoms in total. The van der Waals surface area contributed by atoms with Crippen molar-refractivity contribution in [3.05, 3.63) is 34.4 Å². The molecule has 1 aromatic rings. The molecule has 0 fully saturated rings. The van der Waals surface area contributed by atoms with Gasteiger partial charge in [0, 0.05) is 19.4 Å². The minimum Gasteiger partial charge on any atom is -0.355 e. The van der Waals surface area contributed by atoms with Crippen LogP contribution in [0.25, 0.3) is 0 Å². The van der Waals surface area contributed by atoms with Crippen LogP contribution in [0.2, 0.25) is 0 Å². The standard InChI is InChI=1S/C25H41N3O6S/c1-16(2)24(26)20(29)9-8-19-13-17(3)12-18(4)23(19)25(5,6)14-21(30)28-15-22(31)27-10-7-11-35(32,33)34/h12-13,16,24H,7-11,14-15,26H2,1-6H3,(H,27,31)(H,28,30)(H,32,33,34). The summed E-state index contributed by atoms with van der Waals surface area (Å²) in [5.74, 6) is -1.10. The Labute approximate surface area is 209 Å². The topological polar surface area (TPSA) is 156 Å². The molecule has 35 heavy (non-hydrogen) atoms. The maximum Gasteiger partial charge on any atom is 0.264 e. The second-order valence-electron chi connectivity index (χ2n) is 10.2. The van der Waals surface area contributed by atoms with E-state index in [1.165, 1.54) is 0 Å². The Morgan fingerprint density at radius 2 is 1.71 bits per heavy atom. The SMILES string of the molecule is Cc1cc(C)c(C(C)(C)CC(=O)NCC(=O)NCCCS(=O)(=O)O)c(CCC(=O)C(N)C(C)C)c1. The van der Waals surface area contributed by atoms with E-state index >= 15 is 0 Å². The average Bonchev–Trinajstić information content (AvgIpc) is 2.71. The lowest BCUT2D eigenvalue weighted by molar-refractivity contribution is -0.126. The van der Waals surface area contributed by atoms with E-state index in [9.17, 15) is 22.8 Å². The highest BCUT2D eigenvalue weighted by molar-refractivity contribution is 7.85. The Morgan fingerprint density at radius 1 is 1.09 bits per heavy atom. The van der Waals surface area contributed by atoms with Gasteiger partial charge in [-0.05, 0) is 54.7 Å². The minimum absolute atomic E-state index is 0.0169. The first-order valence-corrected chi connectivity index (χ1v) is 13.5. The van der Waals surface area contributed by atoms with Crippen molar-refractivity contribution in [2.75, 3.05) is 18.8 Å². The molecular weight excluding hydrogens is 470 g/mol. The van der Waals surface area contributed by atoms with Crippen LogP contribution in [0.5, 0.6) is 0 Å². The van der Waals surface area contributed by atoms with E-state index in [4.69, 9.17) is 10.3 Å². The van der Waals surface area contributed by atoms with Crippen molar-refractivity contribution >= 4 is 27.7 Å². The second kappa shape index (κ2) is 13.1. The number of rotatable bonds is 14. The molecule has 1 rings (SSSR count). The van der Waals surface area contributed by atoms with Crippen molar-refractivity contribution in [3.8, 4) is 0 Å². The zero-order valence-electron chi connectivity index (χ0n) is 21.7. The number of nitrogens with one attached hydrogen (secondary N) is 2. The van der Waals surface area contributed by atoms with Crippen LogP contribution in [0, 0.1) is 19.8 Å². The van der Waals surface area contributed by atoms with Crippen molar-refractivity contribution in [2.24, 2.45) is 11.7 Å². The third kappa shape index (κ3) is 10.9. The van der Waals surface area contributed by atoms with Crippen molar-refractivity contribution in [1.29, 1.82) is 0 Å². The molecule has 0 spiro atoms. The lowest BCUT2D eigenvalue weighted by Gasteiger charge is -2.30. The molecule has 2 amide bonds. The molecule has 0 aliphatic carbocycles. The minimum atomic E-state index is -4.07. The zero-order valence-corrected chi connectivity index (χ0v) is 22.5. The first-order chi connectivity index (χ1) is 16.0. The first kappa shape index (κ1) is 30.7. The van der Waals surface area contributed by atoms with Crippen LogP contribution in [-0.4, -0.2) is 55.5 Å². The van der Waals surface area contributed by atoms with Crippen LogP contribution in [0.4, 0.5) is 0 Å². The van der Waals surface area contributed by atoms with Crippen molar-refractivity contribution < 1.29 is 27.4 Å². The maximum atomic E-state index is 12.6. The van der Waals surface area contributed by atoms with Gasteiger partial charge in [-0.2, -0.15) is 8.42 Å². The Hall–Kier alpha value is -2.30. The van der Waals surface area contributed by atoms with Crippen LogP contribution in [0.3, 0.4) is 0 Å². The summed E-state index contributed by atoms with van der Waals surface area (Å²) < 4.78 is 30.1. The highest BCUT2D eigenvalue weighted by atomic mass is 32.2. The summed E-state index contributed by atoms with van der Waals surface area (Å²) in [6, 6.07) is 3.61. The van der Waals surface area contributed by atoms with Gasteiger partial charge in [-0.3, -0.25) is 18.9 Å². The number of aryl methyl sites for hydroxylation is 3. The predicted molar refractivity (Wildman–Crippen MR) is 137 cm³/mol. The van der Waals surface area contributed by atoms with Gasteiger partial charge in [-0.25, -0.2) is 0 Å². The molecule has 10 heteroatoms. The van der Waals surface area contributed by atoms with Crippen molar-refractivity contribution in [3.63, 3.8) is 0 Å². The molecule has 0 saturated carbocycles. The summed E-state index contributed by atoms with van der Waals surface area (Å²) >= 11 is 0. The molecule has 0 saturated heterocycles. The summed E-state index contributed by atoms with van der Waals surface area (Å²) in [5, 5.41) is 5.11. The summed E-state index contributed by atoms with van der Waals surface area (Å²) in [4.78, 5) is 37.1. The van der Waals surface area contributed by atoms with Crippen molar-refractivity contribution in [2.45, 2.75) is 78.7 Å². The van der Waals surface area contributed by atoms with E-state index in [-0.39, 0.29) is 43.5 Å². The van der Waals surface area contributed by atoms with E-state index in [1.807, 2.05) is 41.5 Å². The van der Waals surface area contributed by atoms with Gasteiger partial charge in [0.1, 0.15) is 5.78 Å². The molecule has 0 heterocycles. The number of carbonyl (C=O) groups is 3. The fourth-order valence-corrected chi connectivity index (χ4v) is 4.80. The number of ketones is 1. The molecule has 1 aromatic carbocycles. The lowest BCUT2D eigenvalue weighted by atomic mass is 9.75. The fraction of sp³-hybridized carbons (Fsp3) is 0.640. The van der Waals surface area contributed by atoms with Crippen molar-refractivity contribution in [1.82, 2.24) is 10.6 Å². The Morgan fingerprint density at radius 3 is 2.29 bits per heavy atom. The predicted octanol–water partition coefficient (Wildman–Crippen LogP) is 1.97. The molecule has 5 N–H and O–H groups in total. The van der Waals surface area contributed by atoms with E-state index in [0.29, 0.717) is 12.8 Å². The third-order valence-electron chi connectivity index (χ3n) is 5.92. The van der Waals surface area contributed by atoms with Gasteiger partial charge in [-0.15, -0.1) is 0 Å². The largest absolute Gasteiger partial charge is 0.355 e. The van der Waals surface area contributed by atoms with Gasteiger partial charge in [0.05, 0.1) is 18.3 Å². The Balaban J connectivity index is 2.81. The number of benzene rings is 1. The molecule has 0 radical (unpaired) electrons. The van der Waals surface area contributed by atoms with Crippen LogP contribution >= 0.6 is 0 Å². The number of hydrogen-bond acceptors (Lipinski definition) is 6. The van der Waals surface area contributed by atoms with E-state index in [0.717, 1.165) is 22.3 Å². The number of amides is 2. The van der Waals surface area contributed by atoms with Gasteiger partial charge in [0.25, 0.3) is 10.1 Å². The highest BCUT2D eigenvalue weighted by Crippen LogP contribution is 2.34. The maximum absolute atomic E-state index is 12.6. The van der Waals surface area contributed by atoms with Crippen LogP contribution < -0.4 is 16.4 Å². The molecule has 1 atom stereocenters. The van der Waals surface area contributed by atoms with Gasteiger partial charge in [0.15, 0.2) is 0 Å². The molecule has 0 aliphatic heterocycles. The van der Waals surface area contributed by atoms with Gasteiger partial charge >= 0.3 is 0 Å². The summed E-state index contributed by atoms with van der Waals surface area (Å²) in [7, 11) is -4.07.